The molecule has 6 aromatic carbocycles. The van der Waals surface area contributed by atoms with Gasteiger partial charge in [0.25, 0.3) is 0 Å². The van der Waals surface area contributed by atoms with Crippen LogP contribution < -0.4 is 4.90 Å². The van der Waals surface area contributed by atoms with E-state index >= 15 is 0 Å². The number of hydrogen-bond acceptors (Lipinski definition) is 1. The Bertz CT molecular complexity index is 1930. The number of hydrogen-bond donors (Lipinski definition) is 0. The summed E-state index contributed by atoms with van der Waals surface area (Å²) in [5.41, 5.74) is 10.5. The molecule has 1 heteroatoms. The number of benzene rings is 6. The van der Waals surface area contributed by atoms with Crippen molar-refractivity contribution in [2.45, 2.75) is 43.9 Å². The maximum Gasteiger partial charge on any atom is 0.0468 e. The van der Waals surface area contributed by atoms with Gasteiger partial charge in [-0.3, -0.25) is 0 Å². The van der Waals surface area contributed by atoms with E-state index in [0.717, 1.165) is 34.8 Å². The van der Waals surface area contributed by atoms with Gasteiger partial charge >= 0.3 is 0 Å². The Kier molecular flexibility index (Phi) is 6.40. The van der Waals surface area contributed by atoms with E-state index in [4.69, 9.17) is 0 Å². The Morgan fingerprint density at radius 3 is 1.62 bits per heavy atom. The first-order valence-corrected chi connectivity index (χ1v) is 16.8. The third-order valence-corrected chi connectivity index (χ3v) is 11.2. The van der Waals surface area contributed by atoms with Crippen LogP contribution in [0.25, 0.3) is 33.0 Å². The van der Waals surface area contributed by atoms with Crippen LogP contribution in [0.3, 0.4) is 0 Å². The van der Waals surface area contributed by atoms with E-state index in [1.807, 2.05) is 0 Å². The Labute approximate surface area is 267 Å². The van der Waals surface area contributed by atoms with Crippen molar-refractivity contribution in [2.24, 2.45) is 17.8 Å². The molecule has 0 saturated heterocycles. The summed E-state index contributed by atoms with van der Waals surface area (Å²) in [5.74, 6) is 2.92. The normalized spacial score (nSPS) is 23.3. The highest BCUT2D eigenvalue weighted by Crippen LogP contribution is 2.60. The van der Waals surface area contributed by atoms with Gasteiger partial charge in [0, 0.05) is 17.1 Å². The zero-order valence-electron chi connectivity index (χ0n) is 25.8. The molecular weight excluding hydrogens is 542 g/mol. The summed E-state index contributed by atoms with van der Waals surface area (Å²) in [6, 6.07) is 53.8. The lowest BCUT2D eigenvalue weighted by Crippen LogP contribution is -2.48. The summed E-state index contributed by atoms with van der Waals surface area (Å²) in [6.45, 7) is 0. The Morgan fingerprint density at radius 2 is 0.933 bits per heavy atom. The first kappa shape index (κ1) is 26.8. The van der Waals surface area contributed by atoms with E-state index in [2.05, 4.69) is 150 Å². The van der Waals surface area contributed by atoms with Crippen LogP contribution in [0.4, 0.5) is 17.1 Å². The van der Waals surface area contributed by atoms with Crippen LogP contribution in [0.1, 0.15) is 44.1 Å². The Balaban J connectivity index is 1.06. The van der Waals surface area contributed by atoms with Gasteiger partial charge in [0.1, 0.15) is 0 Å². The van der Waals surface area contributed by atoms with Gasteiger partial charge in [-0.05, 0) is 137 Å². The molecule has 0 radical (unpaired) electrons. The smallest absolute Gasteiger partial charge is 0.0468 e. The second-order valence-corrected chi connectivity index (χ2v) is 14.1. The Hall–Kier alpha value is -4.62. The first-order valence-electron chi connectivity index (χ1n) is 16.8. The van der Waals surface area contributed by atoms with Gasteiger partial charge in [0.2, 0.25) is 0 Å². The van der Waals surface area contributed by atoms with E-state index < -0.39 is 0 Å². The van der Waals surface area contributed by atoms with Crippen molar-refractivity contribution >= 4 is 27.8 Å². The van der Waals surface area contributed by atoms with Crippen molar-refractivity contribution < 1.29 is 0 Å². The monoisotopic (exact) mass is 581 g/mol. The predicted octanol–water partition coefficient (Wildman–Crippen LogP) is 12.1. The standard InChI is InChI=1S/C44H39N/c1-2-7-34(8-3-1)39-11-6-12-42(26-39)45(43-22-17-35-9-4-5-10-38(35)27-43)41-20-15-37(16-21-41)36-13-18-40(19-14-36)44-28-31-23-32(29-44)25-33(24-31)30-44/h1-22,26-27,31-33H,23-25,28-30H2. The van der Waals surface area contributed by atoms with E-state index in [9.17, 15) is 0 Å². The molecule has 220 valence electrons. The molecule has 0 amide bonds. The lowest BCUT2D eigenvalue weighted by molar-refractivity contribution is -0.00518. The molecule has 4 bridgehead atoms. The second-order valence-electron chi connectivity index (χ2n) is 14.1. The molecule has 45 heavy (non-hydrogen) atoms. The topological polar surface area (TPSA) is 3.24 Å². The average Bonchev–Trinajstić information content (AvgIpc) is 3.09. The molecule has 4 aliphatic rings. The average molecular weight is 582 g/mol. The van der Waals surface area contributed by atoms with E-state index in [1.54, 1.807) is 5.56 Å². The fourth-order valence-electron chi connectivity index (χ4n) is 9.50. The molecule has 0 unspecified atom stereocenters. The molecule has 0 atom stereocenters. The largest absolute Gasteiger partial charge is 0.310 e. The van der Waals surface area contributed by atoms with Crippen molar-refractivity contribution in [3.8, 4) is 22.3 Å². The summed E-state index contributed by atoms with van der Waals surface area (Å²) in [7, 11) is 0. The van der Waals surface area contributed by atoms with Gasteiger partial charge in [0.15, 0.2) is 0 Å². The predicted molar refractivity (Wildman–Crippen MR) is 189 cm³/mol. The summed E-state index contributed by atoms with van der Waals surface area (Å²) in [6.07, 6.45) is 8.75. The zero-order valence-corrected chi connectivity index (χ0v) is 25.8. The highest BCUT2D eigenvalue weighted by molar-refractivity contribution is 5.90. The molecular formula is C44H39N. The molecule has 0 N–H and O–H groups in total. The number of rotatable bonds is 6. The highest BCUT2D eigenvalue weighted by atomic mass is 15.1. The summed E-state index contributed by atoms with van der Waals surface area (Å²) >= 11 is 0. The number of fused-ring (bicyclic) bond motifs is 1. The minimum absolute atomic E-state index is 0.450. The molecule has 4 fully saturated rings. The van der Waals surface area contributed by atoms with Crippen LogP contribution in [-0.2, 0) is 5.41 Å². The van der Waals surface area contributed by atoms with E-state index in [0.29, 0.717) is 5.41 Å². The molecule has 0 spiro atoms. The fourth-order valence-corrected chi connectivity index (χ4v) is 9.50. The lowest BCUT2D eigenvalue weighted by Gasteiger charge is -2.57. The van der Waals surface area contributed by atoms with Gasteiger partial charge in [-0.15, -0.1) is 0 Å². The van der Waals surface area contributed by atoms with Gasteiger partial charge in [-0.1, -0.05) is 109 Å². The van der Waals surface area contributed by atoms with E-state index in [-0.39, 0.29) is 0 Å². The highest BCUT2D eigenvalue weighted by Gasteiger charge is 2.51. The minimum atomic E-state index is 0.450. The third-order valence-electron chi connectivity index (χ3n) is 11.2. The Morgan fingerprint density at radius 1 is 0.400 bits per heavy atom. The molecule has 10 rings (SSSR count). The molecule has 0 aliphatic heterocycles. The van der Waals surface area contributed by atoms with Crippen molar-refractivity contribution in [1.29, 1.82) is 0 Å². The van der Waals surface area contributed by atoms with Crippen LogP contribution in [0.2, 0.25) is 0 Å². The van der Waals surface area contributed by atoms with Gasteiger partial charge in [0.05, 0.1) is 0 Å². The van der Waals surface area contributed by atoms with Crippen molar-refractivity contribution in [3.05, 3.63) is 151 Å². The van der Waals surface area contributed by atoms with Crippen LogP contribution in [0.15, 0.2) is 146 Å². The van der Waals surface area contributed by atoms with Crippen LogP contribution in [0.5, 0.6) is 0 Å². The van der Waals surface area contributed by atoms with Crippen LogP contribution in [-0.4, -0.2) is 0 Å². The second kappa shape index (κ2) is 10.8. The SMILES string of the molecule is c1ccc(-c2cccc(N(c3ccc(-c4ccc(C56CC7CC(CC(C7)C5)C6)cc4)cc3)c3ccc4ccccc4c3)c2)cc1. The van der Waals surface area contributed by atoms with Gasteiger partial charge in [-0.2, -0.15) is 0 Å². The maximum atomic E-state index is 2.47. The summed E-state index contributed by atoms with van der Waals surface area (Å²) in [5, 5.41) is 2.50. The van der Waals surface area contributed by atoms with Crippen molar-refractivity contribution in [1.82, 2.24) is 0 Å². The molecule has 1 nitrogen and oxygen atoms in total. The quantitative estimate of drug-likeness (QED) is 0.189. The maximum absolute atomic E-state index is 2.47. The molecule has 4 aliphatic carbocycles. The van der Waals surface area contributed by atoms with Crippen molar-refractivity contribution in [3.63, 3.8) is 0 Å². The molecule has 0 heterocycles. The fraction of sp³-hybridized carbons (Fsp3) is 0.227. The minimum Gasteiger partial charge on any atom is -0.310 e. The van der Waals surface area contributed by atoms with E-state index in [1.165, 1.54) is 71.6 Å². The first-order chi connectivity index (χ1) is 22.2. The van der Waals surface area contributed by atoms with Crippen molar-refractivity contribution in [2.75, 3.05) is 4.90 Å². The zero-order chi connectivity index (χ0) is 29.8. The molecule has 6 aromatic rings. The summed E-state index contributed by atoms with van der Waals surface area (Å²) in [4.78, 5) is 2.39. The number of nitrogens with zero attached hydrogens (tertiary/aromatic N) is 1. The van der Waals surface area contributed by atoms with Crippen LogP contribution in [0, 0.1) is 17.8 Å². The number of anilines is 3. The van der Waals surface area contributed by atoms with Gasteiger partial charge in [-0.25, -0.2) is 0 Å². The molecule has 0 aromatic heterocycles. The summed E-state index contributed by atoms with van der Waals surface area (Å²) < 4.78 is 0. The van der Waals surface area contributed by atoms with Gasteiger partial charge < -0.3 is 4.90 Å². The van der Waals surface area contributed by atoms with Crippen LogP contribution >= 0.6 is 0 Å². The third kappa shape index (κ3) is 4.86. The lowest BCUT2D eigenvalue weighted by atomic mass is 9.48. The molecule has 4 saturated carbocycles.